The zero-order valence-corrected chi connectivity index (χ0v) is 21.9. The van der Waals surface area contributed by atoms with Crippen molar-refractivity contribution in [2.75, 3.05) is 49.6 Å². The number of benzene rings is 1. The summed E-state index contributed by atoms with van der Waals surface area (Å²) in [6, 6.07) is 3.81. The minimum absolute atomic E-state index is 0.0358. The van der Waals surface area contributed by atoms with Gasteiger partial charge in [0.05, 0.1) is 28.9 Å². The molecule has 1 saturated heterocycles. The second-order valence-corrected chi connectivity index (χ2v) is 10.1. The van der Waals surface area contributed by atoms with Gasteiger partial charge in [-0.3, -0.25) is 19.3 Å². The number of thiophene rings is 1. The Labute approximate surface area is 232 Å². The minimum Gasteiger partial charge on any atom is -0.370 e. The van der Waals surface area contributed by atoms with Crippen LogP contribution in [0.5, 0.6) is 0 Å². The summed E-state index contributed by atoms with van der Waals surface area (Å²) in [4.78, 5) is 38.9. The predicted octanol–water partition coefficient (Wildman–Crippen LogP) is 4.57. The highest BCUT2D eigenvalue weighted by Gasteiger charge is 2.38. The molecule has 1 aliphatic heterocycles. The van der Waals surface area contributed by atoms with E-state index in [9.17, 15) is 45.1 Å². The maximum Gasteiger partial charge on any atom is 0.401 e. The van der Waals surface area contributed by atoms with Gasteiger partial charge in [0.2, 0.25) is 5.91 Å². The molecule has 3 rings (SSSR count). The third kappa shape index (κ3) is 8.78. The molecule has 1 aromatic carbocycles. The fourth-order valence-electron chi connectivity index (χ4n) is 3.83. The highest BCUT2D eigenvalue weighted by Crippen LogP contribution is 2.32. The van der Waals surface area contributed by atoms with Crippen molar-refractivity contribution in [2.45, 2.75) is 25.1 Å². The number of hydrogen-bond acceptors (Lipinski definition) is 6. The maximum absolute atomic E-state index is 13.9. The molecule has 0 unspecified atom stereocenters. The molecule has 0 spiro atoms. The van der Waals surface area contributed by atoms with Crippen LogP contribution in [-0.2, 0) is 14.3 Å². The SMILES string of the molecule is O=C(NC[C@@H](C(=O)Nc1ccc(N2CCOCC2=O)cc1C(F)F)N(CC(F)F)CC(F)(F)F)c1ccc(Cl)s1. The molecule has 1 aliphatic rings. The van der Waals surface area contributed by atoms with Crippen molar-refractivity contribution in [3.8, 4) is 0 Å². The van der Waals surface area contributed by atoms with E-state index < -0.39 is 73.7 Å². The molecular formula is C23H22ClF7N4O4S. The number of nitrogens with one attached hydrogen (secondary N) is 2. The molecule has 40 heavy (non-hydrogen) atoms. The van der Waals surface area contributed by atoms with Crippen molar-refractivity contribution < 1.29 is 49.9 Å². The molecule has 3 amide bonds. The van der Waals surface area contributed by atoms with Gasteiger partial charge in [-0.1, -0.05) is 11.6 Å². The first-order valence-electron chi connectivity index (χ1n) is 11.5. The number of anilines is 2. The van der Waals surface area contributed by atoms with E-state index in [0.717, 1.165) is 23.5 Å². The second-order valence-electron chi connectivity index (χ2n) is 8.42. The summed E-state index contributed by atoms with van der Waals surface area (Å²) in [5.74, 6) is -2.70. The topological polar surface area (TPSA) is 91.0 Å². The first-order chi connectivity index (χ1) is 18.7. The lowest BCUT2D eigenvalue weighted by Crippen LogP contribution is -2.54. The number of alkyl halides is 7. The number of amides is 3. The van der Waals surface area contributed by atoms with Gasteiger partial charge in [-0.2, -0.15) is 13.2 Å². The average molecular weight is 619 g/mol. The summed E-state index contributed by atoms with van der Waals surface area (Å²) in [6.45, 7) is -4.36. The summed E-state index contributed by atoms with van der Waals surface area (Å²) < 4.78 is 99.2. The summed E-state index contributed by atoms with van der Waals surface area (Å²) >= 11 is 6.59. The molecule has 1 atom stereocenters. The van der Waals surface area contributed by atoms with Crippen molar-refractivity contribution in [1.82, 2.24) is 10.2 Å². The van der Waals surface area contributed by atoms with Crippen LogP contribution < -0.4 is 15.5 Å². The number of morpholine rings is 1. The summed E-state index contributed by atoms with van der Waals surface area (Å²) in [5, 5.41) is 4.28. The molecule has 0 bridgehead atoms. The molecule has 2 aromatic rings. The van der Waals surface area contributed by atoms with Crippen LogP contribution in [-0.4, -0.2) is 80.7 Å². The molecule has 17 heteroatoms. The zero-order chi connectivity index (χ0) is 29.6. The normalized spacial score (nSPS) is 15.2. The number of nitrogens with zero attached hydrogens (tertiary/aromatic N) is 2. The average Bonchev–Trinajstić information content (AvgIpc) is 3.29. The number of carbonyl (C=O) groups excluding carboxylic acids is 3. The Hall–Kier alpha value is -2.95. The molecule has 220 valence electrons. The Kier molecular flexibility index (Phi) is 10.7. The van der Waals surface area contributed by atoms with Crippen LogP contribution in [0, 0.1) is 0 Å². The van der Waals surface area contributed by atoms with Gasteiger partial charge >= 0.3 is 6.18 Å². The molecule has 2 N–H and O–H groups in total. The van der Waals surface area contributed by atoms with Crippen LogP contribution in [0.2, 0.25) is 4.34 Å². The smallest absolute Gasteiger partial charge is 0.370 e. The standard InChI is InChI=1S/C23H22ClF7N4O4S/c24-17-4-3-16(40-17)22(38)32-8-15(34(9-18(25)26)11-23(29,30)31)21(37)33-14-2-1-12(7-13(14)20(27)28)35-5-6-39-10-19(35)36/h1-4,7,15,18,20H,5-6,8-11H2,(H,32,38)(H,33,37)/t15-/m0/s1. The van der Waals surface area contributed by atoms with Gasteiger partial charge in [0, 0.05) is 30.0 Å². The third-order valence-corrected chi connectivity index (χ3v) is 6.81. The van der Waals surface area contributed by atoms with E-state index in [-0.39, 0.29) is 39.6 Å². The van der Waals surface area contributed by atoms with Gasteiger partial charge in [0.25, 0.3) is 24.7 Å². The lowest BCUT2D eigenvalue weighted by Gasteiger charge is -2.31. The summed E-state index contributed by atoms with van der Waals surface area (Å²) in [5.41, 5.74) is -1.22. The first kappa shape index (κ1) is 31.6. The van der Waals surface area contributed by atoms with Gasteiger partial charge in [-0.15, -0.1) is 11.3 Å². The van der Waals surface area contributed by atoms with Crippen molar-refractivity contribution in [1.29, 1.82) is 0 Å². The molecule has 0 radical (unpaired) electrons. The summed E-state index contributed by atoms with van der Waals surface area (Å²) in [7, 11) is 0. The van der Waals surface area contributed by atoms with E-state index in [2.05, 4.69) is 10.6 Å². The van der Waals surface area contributed by atoms with E-state index in [1.165, 1.54) is 23.1 Å². The first-order valence-corrected chi connectivity index (χ1v) is 12.7. The Morgan fingerprint density at radius 1 is 1.15 bits per heavy atom. The van der Waals surface area contributed by atoms with Crippen LogP contribution in [0.1, 0.15) is 21.7 Å². The molecule has 2 heterocycles. The lowest BCUT2D eigenvalue weighted by molar-refractivity contribution is -0.157. The zero-order valence-electron chi connectivity index (χ0n) is 20.3. The van der Waals surface area contributed by atoms with Gasteiger partial charge in [0.1, 0.15) is 12.6 Å². The quantitative estimate of drug-likeness (QED) is 0.360. The van der Waals surface area contributed by atoms with Crippen molar-refractivity contribution >= 4 is 52.0 Å². The van der Waals surface area contributed by atoms with Gasteiger partial charge in [-0.05, 0) is 30.3 Å². The molecular weight excluding hydrogens is 597 g/mol. The van der Waals surface area contributed by atoms with Gasteiger partial charge in [-0.25, -0.2) is 17.6 Å². The van der Waals surface area contributed by atoms with Crippen LogP contribution in [0.25, 0.3) is 0 Å². The van der Waals surface area contributed by atoms with Crippen molar-refractivity contribution in [3.05, 3.63) is 45.1 Å². The van der Waals surface area contributed by atoms with Crippen LogP contribution >= 0.6 is 22.9 Å². The fourth-order valence-corrected chi connectivity index (χ4v) is 4.79. The van der Waals surface area contributed by atoms with Crippen molar-refractivity contribution in [2.24, 2.45) is 0 Å². The molecule has 0 aliphatic carbocycles. The van der Waals surface area contributed by atoms with Crippen LogP contribution in [0.3, 0.4) is 0 Å². The van der Waals surface area contributed by atoms with E-state index >= 15 is 0 Å². The monoisotopic (exact) mass is 618 g/mol. The molecule has 0 saturated carbocycles. The number of carbonyl (C=O) groups is 3. The van der Waals surface area contributed by atoms with E-state index in [0.29, 0.717) is 0 Å². The summed E-state index contributed by atoms with van der Waals surface area (Å²) in [6.07, 6.45) is -11.5. The van der Waals surface area contributed by atoms with Crippen molar-refractivity contribution in [3.63, 3.8) is 0 Å². The molecule has 1 aromatic heterocycles. The Morgan fingerprint density at radius 3 is 2.45 bits per heavy atom. The Morgan fingerprint density at radius 2 is 1.88 bits per heavy atom. The number of halogens is 8. The maximum atomic E-state index is 13.9. The number of ether oxygens (including phenoxy) is 1. The third-order valence-electron chi connectivity index (χ3n) is 5.58. The highest BCUT2D eigenvalue weighted by molar-refractivity contribution is 7.18. The highest BCUT2D eigenvalue weighted by atomic mass is 35.5. The lowest BCUT2D eigenvalue weighted by atomic mass is 10.1. The fraction of sp³-hybridized carbons (Fsp3) is 0.435. The van der Waals surface area contributed by atoms with E-state index in [4.69, 9.17) is 16.3 Å². The van der Waals surface area contributed by atoms with Gasteiger partial charge < -0.3 is 20.3 Å². The largest absolute Gasteiger partial charge is 0.401 e. The second kappa shape index (κ2) is 13.6. The Balaban J connectivity index is 1.89. The Bertz CT molecular complexity index is 1210. The number of hydrogen-bond donors (Lipinski definition) is 2. The van der Waals surface area contributed by atoms with Crippen LogP contribution in [0.4, 0.5) is 42.1 Å². The molecule has 1 fully saturated rings. The van der Waals surface area contributed by atoms with Crippen LogP contribution in [0.15, 0.2) is 30.3 Å². The van der Waals surface area contributed by atoms with Gasteiger partial charge in [0.15, 0.2) is 0 Å². The minimum atomic E-state index is -5.01. The molecule has 8 nitrogen and oxygen atoms in total. The predicted molar refractivity (Wildman–Crippen MR) is 132 cm³/mol. The number of rotatable bonds is 11. The van der Waals surface area contributed by atoms with E-state index in [1.54, 1.807) is 0 Å². The van der Waals surface area contributed by atoms with E-state index in [1.807, 2.05) is 0 Å².